The number of methoxy groups -OCH3 is 1. The maximum absolute atomic E-state index is 14.2. The van der Waals surface area contributed by atoms with Crippen molar-refractivity contribution in [2.24, 2.45) is 0 Å². The van der Waals surface area contributed by atoms with E-state index in [1.54, 1.807) is 6.20 Å². The Morgan fingerprint density at radius 3 is 2.97 bits per heavy atom. The van der Waals surface area contributed by atoms with E-state index in [1.807, 2.05) is 34.9 Å². The number of nitrogens with zero attached hydrogens (tertiary/aromatic N) is 3. The number of benzene rings is 1. The van der Waals surface area contributed by atoms with Gasteiger partial charge in [-0.25, -0.2) is 9.37 Å². The van der Waals surface area contributed by atoms with Crippen LogP contribution in [-0.4, -0.2) is 55.2 Å². The molecular weight excluding hydrogens is 377 g/mol. The van der Waals surface area contributed by atoms with Gasteiger partial charge >= 0.3 is 0 Å². The highest BCUT2D eigenvalue weighted by Gasteiger charge is 2.28. The van der Waals surface area contributed by atoms with E-state index in [1.165, 1.54) is 13.2 Å². The van der Waals surface area contributed by atoms with E-state index in [9.17, 15) is 9.18 Å². The van der Waals surface area contributed by atoms with Crippen molar-refractivity contribution in [3.8, 4) is 17.4 Å². The highest BCUT2D eigenvalue weighted by Crippen LogP contribution is 2.40. The molecule has 7 nitrogen and oxygen atoms in total. The zero-order valence-electron chi connectivity index (χ0n) is 16.6. The van der Waals surface area contributed by atoms with E-state index < -0.39 is 5.82 Å². The average molecular weight is 401 g/mol. The Morgan fingerprint density at radius 1 is 1.34 bits per heavy atom. The fraction of sp³-hybridized carbons (Fsp3) is 0.429. The van der Waals surface area contributed by atoms with Gasteiger partial charge in [0, 0.05) is 31.5 Å². The predicted molar refractivity (Wildman–Crippen MR) is 106 cm³/mol. The van der Waals surface area contributed by atoms with E-state index >= 15 is 0 Å². The molecule has 1 aromatic heterocycles. The van der Waals surface area contributed by atoms with Crippen LogP contribution in [0.1, 0.15) is 19.8 Å². The van der Waals surface area contributed by atoms with Gasteiger partial charge in [0.2, 0.25) is 11.8 Å². The number of ether oxygens (including phenoxy) is 3. The molecule has 2 aromatic rings. The minimum atomic E-state index is -0.517. The third-order valence-corrected chi connectivity index (χ3v) is 5.19. The summed E-state index contributed by atoms with van der Waals surface area (Å²) >= 11 is 0. The highest BCUT2D eigenvalue weighted by atomic mass is 19.1. The summed E-state index contributed by atoms with van der Waals surface area (Å²) < 4.78 is 30.9. The van der Waals surface area contributed by atoms with Gasteiger partial charge in [-0.15, -0.1) is 0 Å². The quantitative estimate of drug-likeness (QED) is 0.767. The Morgan fingerprint density at radius 2 is 2.21 bits per heavy atom. The molecule has 0 aliphatic carbocycles. The first-order chi connectivity index (χ1) is 14.1. The lowest BCUT2D eigenvalue weighted by Gasteiger charge is -2.31. The second-order valence-electron chi connectivity index (χ2n) is 7.04. The maximum atomic E-state index is 14.2. The van der Waals surface area contributed by atoms with Gasteiger partial charge in [-0.3, -0.25) is 4.79 Å². The van der Waals surface area contributed by atoms with Crippen molar-refractivity contribution in [1.82, 2.24) is 9.88 Å². The molecule has 3 heterocycles. The molecule has 2 aliphatic heterocycles. The molecule has 4 rings (SSSR count). The number of carbonyl (C=O) groups is 1. The van der Waals surface area contributed by atoms with Gasteiger partial charge in [-0.05, 0) is 12.1 Å². The molecule has 2 aliphatic rings. The topological polar surface area (TPSA) is 64.1 Å². The molecule has 0 spiro atoms. The van der Waals surface area contributed by atoms with Gasteiger partial charge in [0.25, 0.3) is 0 Å². The number of amides is 1. The number of carbonyl (C=O) groups excluding carboxylic acids is 1. The average Bonchev–Trinajstić information content (AvgIpc) is 3.21. The van der Waals surface area contributed by atoms with E-state index in [2.05, 4.69) is 4.98 Å². The number of rotatable bonds is 5. The lowest BCUT2D eigenvalue weighted by Crippen LogP contribution is -2.30. The Kier molecular flexibility index (Phi) is 5.42. The minimum Gasteiger partial charge on any atom is -0.490 e. The molecule has 1 aromatic carbocycles. The summed E-state index contributed by atoms with van der Waals surface area (Å²) in [4.78, 5) is 19.7. The van der Waals surface area contributed by atoms with Gasteiger partial charge in [0.05, 0.1) is 37.8 Å². The minimum absolute atomic E-state index is 0.0354. The summed E-state index contributed by atoms with van der Waals surface area (Å²) in [6.07, 6.45) is 2.85. The van der Waals surface area contributed by atoms with Crippen LogP contribution in [0.5, 0.6) is 17.4 Å². The normalized spacial score (nSPS) is 18.2. The van der Waals surface area contributed by atoms with E-state index in [-0.39, 0.29) is 17.9 Å². The molecule has 0 unspecified atom stereocenters. The highest BCUT2D eigenvalue weighted by molar-refractivity contribution is 5.76. The summed E-state index contributed by atoms with van der Waals surface area (Å²) in [6, 6.07) is 7.01. The van der Waals surface area contributed by atoms with E-state index in [0.717, 1.165) is 12.1 Å². The van der Waals surface area contributed by atoms with Crippen LogP contribution in [-0.2, 0) is 4.79 Å². The monoisotopic (exact) mass is 401 g/mol. The lowest BCUT2D eigenvalue weighted by atomic mass is 10.2. The van der Waals surface area contributed by atoms with Crippen LogP contribution in [0.2, 0.25) is 0 Å². The molecule has 154 valence electrons. The third kappa shape index (κ3) is 3.92. The number of aromatic nitrogens is 1. The molecule has 8 heteroatoms. The third-order valence-electron chi connectivity index (χ3n) is 5.19. The SMILES string of the molecule is CCC(=O)N1CC[C@H](Oc2ccc3c(c2)N(c2cnc(OC)c(F)c2)CCO3)C1. The second-order valence-corrected chi connectivity index (χ2v) is 7.04. The number of halogens is 1. The van der Waals surface area contributed by atoms with Crippen LogP contribution < -0.4 is 19.1 Å². The molecule has 1 saturated heterocycles. The second kappa shape index (κ2) is 8.14. The number of pyridine rings is 1. The lowest BCUT2D eigenvalue weighted by molar-refractivity contribution is -0.130. The smallest absolute Gasteiger partial charge is 0.250 e. The number of hydrogen-bond donors (Lipinski definition) is 0. The van der Waals surface area contributed by atoms with Crippen molar-refractivity contribution in [3.63, 3.8) is 0 Å². The summed E-state index contributed by atoms with van der Waals surface area (Å²) in [6.45, 7) is 4.22. The largest absolute Gasteiger partial charge is 0.490 e. The molecule has 0 saturated carbocycles. The number of anilines is 2. The van der Waals surface area contributed by atoms with Crippen LogP contribution in [0.3, 0.4) is 0 Å². The Balaban J connectivity index is 1.54. The summed E-state index contributed by atoms with van der Waals surface area (Å²) in [5.41, 5.74) is 1.41. The molecule has 0 N–H and O–H groups in total. The Labute approximate surface area is 169 Å². The first-order valence-electron chi connectivity index (χ1n) is 9.77. The Hall–Kier alpha value is -3.03. The molecule has 0 radical (unpaired) electrons. The summed E-state index contributed by atoms with van der Waals surface area (Å²) in [5, 5.41) is 0. The van der Waals surface area contributed by atoms with Crippen LogP contribution in [0.15, 0.2) is 30.5 Å². The number of fused-ring (bicyclic) bond motifs is 1. The molecular formula is C21H24FN3O4. The van der Waals surface area contributed by atoms with Gasteiger partial charge in [-0.1, -0.05) is 6.92 Å². The standard InChI is InChI=1S/C21H24FN3O4/c1-3-20(26)24-7-6-16(13-24)29-15-4-5-19-18(11-15)25(8-9-28-19)14-10-17(22)21(27-2)23-12-14/h4-5,10-12,16H,3,6-9,13H2,1-2H3/t16-/m0/s1. The first kappa shape index (κ1) is 19.3. The summed E-state index contributed by atoms with van der Waals surface area (Å²) in [7, 11) is 1.39. The van der Waals surface area contributed by atoms with Crippen molar-refractivity contribution < 1.29 is 23.4 Å². The maximum Gasteiger partial charge on any atom is 0.250 e. The van der Waals surface area contributed by atoms with E-state index in [0.29, 0.717) is 49.8 Å². The van der Waals surface area contributed by atoms with Gasteiger partial charge in [0.15, 0.2) is 5.82 Å². The summed E-state index contributed by atoms with van der Waals surface area (Å²) in [5.74, 6) is 0.991. The zero-order valence-corrected chi connectivity index (χ0v) is 16.6. The van der Waals surface area contributed by atoms with Crippen LogP contribution in [0.4, 0.5) is 15.8 Å². The molecule has 1 atom stereocenters. The molecule has 1 amide bonds. The molecule has 29 heavy (non-hydrogen) atoms. The van der Waals surface area contributed by atoms with Gasteiger partial charge < -0.3 is 24.0 Å². The number of likely N-dealkylation sites (tertiary alicyclic amines) is 1. The molecule has 0 bridgehead atoms. The Bertz CT molecular complexity index is 907. The van der Waals surface area contributed by atoms with Crippen LogP contribution in [0.25, 0.3) is 0 Å². The predicted octanol–water partition coefficient (Wildman–Crippen LogP) is 3.15. The zero-order chi connectivity index (χ0) is 20.4. The fourth-order valence-corrected chi connectivity index (χ4v) is 3.72. The van der Waals surface area contributed by atoms with Crippen molar-refractivity contribution in [2.75, 3.05) is 38.3 Å². The van der Waals surface area contributed by atoms with Crippen LogP contribution in [0, 0.1) is 5.82 Å². The van der Waals surface area contributed by atoms with Gasteiger partial charge in [-0.2, -0.15) is 0 Å². The van der Waals surface area contributed by atoms with Crippen molar-refractivity contribution >= 4 is 17.3 Å². The van der Waals surface area contributed by atoms with E-state index in [4.69, 9.17) is 14.2 Å². The number of hydrogen-bond acceptors (Lipinski definition) is 6. The van der Waals surface area contributed by atoms with Gasteiger partial charge in [0.1, 0.15) is 24.2 Å². The van der Waals surface area contributed by atoms with Crippen molar-refractivity contribution in [1.29, 1.82) is 0 Å². The van der Waals surface area contributed by atoms with Crippen molar-refractivity contribution in [2.45, 2.75) is 25.9 Å². The fourth-order valence-electron chi connectivity index (χ4n) is 3.72. The van der Waals surface area contributed by atoms with Crippen molar-refractivity contribution in [3.05, 3.63) is 36.3 Å². The van der Waals surface area contributed by atoms with Crippen LogP contribution >= 0.6 is 0 Å². The molecule has 1 fully saturated rings. The first-order valence-corrected chi connectivity index (χ1v) is 9.77.